The number of para-hydroxylation sites is 1. The van der Waals surface area contributed by atoms with Crippen LogP contribution in [0.15, 0.2) is 79.1 Å². The zero-order chi connectivity index (χ0) is 22.0. The Morgan fingerprint density at radius 1 is 0.788 bits per heavy atom. The standard InChI is InChI=1S/C27H30N6/c1-3-7-20(8-4-1)24-17-21(27-29-19-25-23(31-27)11-12-28-25)18-26(30-24)33-15-13-32(14-16-33)22-9-5-2-6-10-22/h1-12,19,21,24,26,30H,13-18H2,(H,29,31). The van der Waals surface area contributed by atoms with E-state index in [2.05, 4.69) is 85.7 Å². The summed E-state index contributed by atoms with van der Waals surface area (Å²) in [4.78, 5) is 17.9. The second-order valence-electron chi connectivity index (χ2n) is 9.18. The van der Waals surface area contributed by atoms with E-state index >= 15 is 0 Å². The van der Waals surface area contributed by atoms with E-state index in [1.54, 1.807) is 0 Å². The number of hydrogen-bond acceptors (Lipinski definition) is 5. The fourth-order valence-corrected chi connectivity index (χ4v) is 5.41. The van der Waals surface area contributed by atoms with Crippen molar-refractivity contribution in [3.63, 3.8) is 0 Å². The molecule has 2 N–H and O–H groups in total. The number of hydrogen-bond donors (Lipinski definition) is 2. The molecule has 6 nitrogen and oxygen atoms in total. The maximum atomic E-state index is 4.79. The summed E-state index contributed by atoms with van der Waals surface area (Å²) in [6.45, 7) is 4.23. The number of aromatic amines is 1. The van der Waals surface area contributed by atoms with Gasteiger partial charge < -0.3 is 9.88 Å². The molecule has 0 aliphatic carbocycles. The number of fused-ring (bicyclic) bond motifs is 1. The molecule has 3 unspecified atom stereocenters. The maximum absolute atomic E-state index is 4.79. The second kappa shape index (κ2) is 8.96. The Labute approximate surface area is 195 Å². The number of anilines is 1. The smallest absolute Gasteiger partial charge is 0.109 e. The largest absolute Gasteiger partial charge is 0.369 e. The first-order chi connectivity index (χ1) is 16.3. The van der Waals surface area contributed by atoms with Crippen LogP contribution in [0.3, 0.4) is 0 Å². The number of piperidine rings is 1. The molecule has 4 heterocycles. The van der Waals surface area contributed by atoms with Crippen LogP contribution in [0.1, 0.15) is 36.2 Å². The van der Waals surface area contributed by atoms with Gasteiger partial charge in [-0.2, -0.15) is 0 Å². The van der Waals surface area contributed by atoms with Crippen molar-refractivity contribution >= 4 is 5.69 Å². The average molecular weight is 439 g/mol. The van der Waals surface area contributed by atoms with Gasteiger partial charge in [0.05, 0.1) is 18.1 Å². The van der Waals surface area contributed by atoms with Crippen LogP contribution < -0.4 is 10.2 Å². The highest BCUT2D eigenvalue weighted by molar-refractivity contribution is 5.54. The van der Waals surface area contributed by atoms with E-state index in [9.17, 15) is 0 Å². The number of nitrogens with one attached hydrogen (secondary N) is 2. The Morgan fingerprint density at radius 2 is 1.55 bits per heavy atom. The molecule has 2 aromatic rings. The van der Waals surface area contributed by atoms with Gasteiger partial charge >= 0.3 is 0 Å². The summed E-state index contributed by atoms with van der Waals surface area (Å²) in [6.07, 6.45) is 6.17. The van der Waals surface area contributed by atoms with Crippen LogP contribution >= 0.6 is 0 Å². The topological polar surface area (TPSA) is 60.1 Å². The molecule has 6 rings (SSSR count). The van der Waals surface area contributed by atoms with E-state index in [0.717, 1.165) is 56.2 Å². The van der Waals surface area contributed by atoms with E-state index < -0.39 is 0 Å². The van der Waals surface area contributed by atoms with Gasteiger partial charge in [-0.05, 0) is 36.6 Å². The van der Waals surface area contributed by atoms with Crippen LogP contribution in [-0.4, -0.2) is 52.2 Å². The predicted octanol–water partition coefficient (Wildman–Crippen LogP) is 4.27. The van der Waals surface area contributed by atoms with E-state index in [1.165, 1.54) is 11.3 Å². The van der Waals surface area contributed by atoms with Crippen LogP contribution in [-0.2, 0) is 0 Å². The third-order valence-electron chi connectivity index (χ3n) is 7.21. The van der Waals surface area contributed by atoms with Crippen LogP contribution in [0.4, 0.5) is 5.69 Å². The molecule has 168 valence electrons. The number of benzene rings is 2. The van der Waals surface area contributed by atoms with Gasteiger partial charge in [0.15, 0.2) is 0 Å². The van der Waals surface area contributed by atoms with E-state index in [0.29, 0.717) is 18.1 Å². The molecule has 2 saturated heterocycles. The van der Waals surface area contributed by atoms with Crippen molar-refractivity contribution in [3.8, 4) is 11.4 Å². The number of rotatable bonds is 4. The Balaban J connectivity index is 1.23. The maximum Gasteiger partial charge on any atom is 0.109 e. The first-order valence-corrected chi connectivity index (χ1v) is 12.0. The van der Waals surface area contributed by atoms with Gasteiger partial charge in [-0.3, -0.25) is 15.2 Å². The molecule has 0 aromatic heterocycles. The summed E-state index contributed by atoms with van der Waals surface area (Å²) in [5.41, 5.74) is 4.68. The lowest BCUT2D eigenvalue weighted by Gasteiger charge is -2.45. The summed E-state index contributed by atoms with van der Waals surface area (Å²) < 4.78 is 0. The third kappa shape index (κ3) is 4.24. The average Bonchev–Trinajstić information content (AvgIpc) is 3.38. The van der Waals surface area contributed by atoms with Crippen LogP contribution in [0.25, 0.3) is 11.4 Å². The Hall–Kier alpha value is -3.22. The number of nitrogens with zero attached hydrogens (tertiary/aromatic N) is 4. The number of aromatic nitrogens is 3. The van der Waals surface area contributed by atoms with Gasteiger partial charge in [-0.15, -0.1) is 0 Å². The normalized spacial score (nSPS) is 24.2. The number of H-pyrrole nitrogens is 1. The molecule has 3 atom stereocenters. The molecule has 6 heteroatoms. The minimum absolute atomic E-state index is 0.311. The monoisotopic (exact) mass is 438 g/mol. The van der Waals surface area contributed by atoms with Gasteiger partial charge in [0.1, 0.15) is 11.5 Å². The van der Waals surface area contributed by atoms with Crippen molar-refractivity contribution in [2.24, 2.45) is 0 Å². The summed E-state index contributed by atoms with van der Waals surface area (Å²) in [5.74, 6) is 1.44. The van der Waals surface area contributed by atoms with Gasteiger partial charge in [0.2, 0.25) is 0 Å². The first-order valence-electron chi connectivity index (χ1n) is 12.0. The van der Waals surface area contributed by atoms with Gasteiger partial charge in [0.25, 0.3) is 0 Å². The highest BCUT2D eigenvalue weighted by atomic mass is 15.3. The lowest BCUT2D eigenvalue weighted by Crippen LogP contribution is -2.57. The minimum atomic E-state index is 0.311. The molecule has 4 aliphatic rings. The molecule has 0 bridgehead atoms. The highest BCUT2D eigenvalue weighted by Gasteiger charge is 2.35. The van der Waals surface area contributed by atoms with Crippen molar-refractivity contribution in [3.05, 3.63) is 90.5 Å². The van der Waals surface area contributed by atoms with Crippen molar-refractivity contribution < 1.29 is 0 Å². The number of piperazine rings is 1. The molecule has 2 fully saturated rings. The molecular formula is C27H30N6. The second-order valence-corrected chi connectivity index (χ2v) is 9.18. The van der Waals surface area contributed by atoms with Crippen LogP contribution in [0, 0.1) is 0 Å². The third-order valence-corrected chi connectivity index (χ3v) is 7.21. The Morgan fingerprint density at radius 3 is 2.33 bits per heavy atom. The van der Waals surface area contributed by atoms with Crippen molar-refractivity contribution in [1.29, 1.82) is 0 Å². The molecule has 0 spiro atoms. The summed E-state index contributed by atoms with van der Waals surface area (Å²) in [7, 11) is 0. The van der Waals surface area contributed by atoms with Gasteiger partial charge in [-0.1, -0.05) is 48.5 Å². The first kappa shape index (κ1) is 20.4. The van der Waals surface area contributed by atoms with Crippen molar-refractivity contribution in [2.75, 3.05) is 31.1 Å². The summed E-state index contributed by atoms with van der Waals surface area (Å²) in [5, 5.41) is 3.98. The van der Waals surface area contributed by atoms with Crippen molar-refractivity contribution in [1.82, 2.24) is 25.2 Å². The molecule has 33 heavy (non-hydrogen) atoms. The van der Waals surface area contributed by atoms with Crippen LogP contribution in [0.2, 0.25) is 0 Å². The van der Waals surface area contributed by atoms with Gasteiger partial charge in [0, 0.05) is 50.0 Å². The van der Waals surface area contributed by atoms with Crippen LogP contribution in [0.5, 0.6) is 0 Å². The van der Waals surface area contributed by atoms with Gasteiger partial charge in [-0.25, -0.2) is 4.98 Å². The zero-order valence-electron chi connectivity index (χ0n) is 18.8. The Kier molecular flexibility index (Phi) is 5.54. The minimum Gasteiger partial charge on any atom is -0.369 e. The van der Waals surface area contributed by atoms with E-state index in [-0.39, 0.29) is 0 Å². The lowest BCUT2D eigenvalue weighted by molar-refractivity contribution is 0.0990. The quantitative estimate of drug-likeness (QED) is 0.498. The fraction of sp³-hybridized carbons (Fsp3) is 0.333. The molecular weight excluding hydrogens is 408 g/mol. The molecule has 2 aromatic carbocycles. The summed E-state index contributed by atoms with van der Waals surface area (Å²) in [6, 6.07) is 24.0. The molecule has 4 aliphatic heterocycles. The molecule has 0 amide bonds. The van der Waals surface area contributed by atoms with Crippen molar-refractivity contribution in [2.45, 2.75) is 31.0 Å². The zero-order valence-corrected chi connectivity index (χ0v) is 18.8. The SMILES string of the molecule is c1ccc(C2CC(c3ncc4nccc-4[nH]3)CC(N3CCN(c4ccccc4)CC3)N2)cc1. The summed E-state index contributed by atoms with van der Waals surface area (Å²) >= 11 is 0. The highest BCUT2D eigenvalue weighted by Crippen LogP contribution is 2.37. The molecule has 0 saturated carbocycles. The van der Waals surface area contributed by atoms with E-state index in [1.807, 2.05) is 18.5 Å². The van der Waals surface area contributed by atoms with E-state index in [4.69, 9.17) is 4.98 Å². The Bertz CT molecular complexity index is 1140. The fourth-order valence-electron chi connectivity index (χ4n) is 5.41. The lowest BCUT2D eigenvalue weighted by atomic mass is 9.86. The molecule has 0 radical (unpaired) electrons. The predicted molar refractivity (Wildman–Crippen MR) is 131 cm³/mol.